The molecule has 0 aromatic carbocycles. The first-order valence-electron chi connectivity index (χ1n) is 2.61. The number of ether oxygens (including phenoxy) is 1. The molecule has 0 aliphatic rings. The zero-order valence-corrected chi connectivity index (χ0v) is 5.73. The van der Waals surface area contributed by atoms with Crippen molar-refractivity contribution in [1.82, 2.24) is 0 Å². The minimum absolute atomic E-state index is 0.569. The fraction of sp³-hybridized carbons (Fsp3) is 0.167. The molecule has 0 aromatic rings. The van der Waals surface area contributed by atoms with Crippen LogP contribution in [0.2, 0.25) is 0 Å². The van der Waals surface area contributed by atoms with Crippen LogP contribution in [0, 0.1) is 0 Å². The molecule has 0 aliphatic carbocycles. The largest absolute Gasteiger partial charge is 0.478 e. The maximum absolute atomic E-state index is 10.5. The second-order valence-corrected chi connectivity index (χ2v) is 1.53. The Hall–Kier alpha value is -1.65. The zero-order valence-electron chi connectivity index (χ0n) is 5.73. The van der Waals surface area contributed by atoms with E-state index in [4.69, 9.17) is 5.11 Å². The van der Waals surface area contributed by atoms with Crippen LogP contribution in [0.4, 0.5) is 0 Å². The molecule has 5 nitrogen and oxygen atoms in total. The van der Waals surface area contributed by atoms with Crippen LogP contribution in [0.1, 0.15) is 0 Å². The number of esters is 1. The van der Waals surface area contributed by atoms with Gasteiger partial charge in [0.1, 0.15) is 0 Å². The molecule has 0 bridgehead atoms. The number of rotatable bonds is 3. The lowest BCUT2D eigenvalue weighted by Gasteiger charge is -1.89. The third-order valence-corrected chi connectivity index (χ3v) is 0.764. The summed E-state index contributed by atoms with van der Waals surface area (Å²) in [6.45, 7) is 0. The van der Waals surface area contributed by atoms with Gasteiger partial charge < -0.3 is 9.84 Å². The predicted molar refractivity (Wildman–Crippen MR) is 33.8 cm³/mol. The number of hydrogen-bond acceptors (Lipinski definition) is 4. The highest BCUT2D eigenvalue weighted by molar-refractivity contribution is 6.38. The van der Waals surface area contributed by atoms with Crippen molar-refractivity contribution in [3.8, 4) is 0 Å². The standard InChI is InChI=1S/C6H6O5/c1-11-6(10)4(7)2-3-5(8)9/h2-3H,1H3,(H,8,9). The van der Waals surface area contributed by atoms with Crippen molar-refractivity contribution in [3.05, 3.63) is 12.2 Å². The molecule has 1 N–H and O–H groups in total. The normalized spacial score (nSPS) is 9.55. The van der Waals surface area contributed by atoms with E-state index in [1.54, 1.807) is 0 Å². The van der Waals surface area contributed by atoms with Gasteiger partial charge in [-0.1, -0.05) is 0 Å². The minimum atomic E-state index is -1.29. The van der Waals surface area contributed by atoms with Gasteiger partial charge in [0.15, 0.2) is 0 Å². The van der Waals surface area contributed by atoms with E-state index >= 15 is 0 Å². The number of hydrogen-bond donors (Lipinski definition) is 1. The Morgan fingerprint density at radius 3 is 2.18 bits per heavy atom. The third-order valence-electron chi connectivity index (χ3n) is 0.764. The van der Waals surface area contributed by atoms with Crippen LogP contribution in [0.5, 0.6) is 0 Å². The Bertz CT molecular complexity index is 215. The zero-order chi connectivity index (χ0) is 8.85. The van der Waals surface area contributed by atoms with Crippen molar-refractivity contribution in [3.63, 3.8) is 0 Å². The first-order chi connectivity index (χ1) is 5.07. The average molecular weight is 158 g/mol. The van der Waals surface area contributed by atoms with Crippen LogP contribution in [-0.4, -0.2) is 29.9 Å². The lowest BCUT2D eigenvalue weighted by molar-refractivity contribution is -0.149. The van der Waals surface area contributed by atoms with Crippen molar-refractivity contribution in [2.45, 2.75) is 0 Å². The molecule has 0 unspecified atom stereocenters. The highest BCUT2D eigenvalue weighted by atomic mass is 16.5. The lowest BCUT2D eigenvalue weighted by atomic mass is 10.3. The number of aliphatic carboxylic acids is 1. The van der Waals surface area contributed by atoms with Gasteiger partial charge in [-0.3, -0.25) is 4.79 Å². The highest BCUT2D eigenvalue weighted by Crippen LogP contribution is 1.81. The number of ketones is 1. The number of carbonyl (C=O) groups excluding carboxylic acids is 2. The number of carboxylic acids is 1. The maximum atomic E-state index is 10.5. The smallest absolute Gasteiger partial charge is 0.378 e. The van der Waals surface area contributed by atoms with Gasteiger partial charge in [-0.05, 0) is 0 Å². The Morgan fingerprint density at radius 1 is 1.27 bits per heavy atom. The Labute approximate surface area is 62.3 Å². The van der Waals surface area contributed by atoms with Crippen molar-refractivity contribution >= 4 is 17.7 Å². The fourth-order valence-electron chi connectivity index (χ4n) is 0.316. The first-order valence-corrected chi connectivity index (χ1v) is 2.61. The SMILES string of the molecule is COC(=O)C(=O)C=CC(=O)O. The molecule has 0 radical (unpaired) electrons. The Balaban J connectivity index is 4.08. The molecule has 0 rings (SSSR count). The maximum Gasteiger partial charge on any atom is 0.378 e. The summed E-state index contributed by atoms with van der Waals surface area (Å²) < 4.78 is 4.01. The fourth-order valence-corrected chi connectivity index (χ4v) is 0.316. The molecule has 0 fully saturated rings. The number of methoxy groups -OCH3 is 1. The molecule has 11 heavy (non-hydrogen) atoms. The Morgan fingerprint density at radius 2 is 1.82 bits per heavy atom. The Kier molecular flexibility index (Phi) is 3.58. The summed E-state index contributed by atoms with van der Waals surface area (Å²) in [6.07, 6.45) is 1.20. The topological polar surface area (TPSA) is 80.7 Å². The van der Waals surface area contributed by atoms with Gasteiger partial charge in [0, 0.05) is 12.2 Å². The van der Waals surface area contributed by atoms with Crippen LogP contribution in [0.25, 0.3) is 0 Å². The van der Waals surface area contributed by atoms with E-state index in [0.717, 1.165) is 7.11 Å². The second-order valence-electron chi connectivity index (χ2n) is 1.53. The number of carboxylic acid groups (broad SMARTS) is 1. The van der Waals surface area contributed by atoms with E-state index in [-0.39, 0.29) is 0 Å². The molecule has 5 heteroatoms. The molecule has 0 spiro atoms. The summed E-state index contributed by atoms with van der Waals surface area (Å²) in [5.41, 5.74) is 0. The van der Waals surface area contributed by atoms with Crippen LogP contribution < -0.4 is 0 Å². The van der Waals surface area contributed by atoms with E-state index < -0.39 is 17.7 Å². The second kappa shape index (κ2) is 4.21. The molecule has 0 saturated heterocycles. The quantitative estimate of drug-likeness (QED) is 0.336. The summed E-state index contributed by atoms with van der Waals surface area (Å²) in [7, 11) is 1.04. The molecule has 0 aliphatic heterocycles. The van der Waals surface area contributed by atoms with E-state index in [1.165, 1.54) is 0 Å². The van der Waals surface area contributed by atoms with Crippen molar-refractivity contribution in [1.29, 1.82) is 0 Å². The molecule has 0 heterocycles. The monoisotopic (exact) mass is 158 g/mol. The molecule has 0 atom stereocenters. The van der Waals surface area contributed by atoms with Gasteiger partial charge in [-0.25, -0.2) is 9.59 Å². The van der Waals surface area contributed by atoms with Gasteiger partial charge in [-0.15, -0.1) is 0 Å². The summed E-state index contributed by atoms with van der Waals surface area (Å²) >= 11 is 0. The molecule has 0 amide bonds. The third kappa shape index (κ3) is 3.85. The van der Waals surface area contributed by atoms with Gasteiger partial charge in [0.05, 0.1) is 7.11 Å². The summed E-state index contributed by atoms with van der Waals surface area (Å²) in [6, 6.07) is 0. The van der Waals surface area contributed by atoms with E-state index in [1.807, 2.05) is 0 Å². The molecule has 0 saturated carbocycles. The predicted octanol–water partition coefficient (Wildman–Crippen LogP) is -0.631. The van der Waals surface area contributed by atoms with Crippen LogP contribution in [-0.2, 0) is 19.1 Å². The van der Waals surface area contributed by atoms with Crippen molar-refractivity contribution in [2.24, 2.45) is 0 Å². The first kappa shape index (κ1) is 9.35. The summed E-state index contributed by atoms with van der Waals surface area (Å²) in [5.74, 6) is -3.36. The average Bonchev–Trinajstić information content (AvgIpc) is 1.98. The highest BCUT2D eigenvalue weighted by Gasteiger charge is 2.08. The number of carbonyl (C=O) groups is 3. The molecular formula is C6H6O5. The van der Waals surface area contributed by atoms with Crippen LogP contribution in [0.3, 0.4) is 0 Å². The summed E-state index contributed by atoms with van der Waals surface area (Å²) in [5, 5.41) is 8.03. The minimum Gasteiger partial charge on any atom is -0.478 e. The van der Waals surface area contributed by atoms with Crippen molar-refractivity contribution in [2.75, 3.05) is 7.11 Å². The molecule has 0 aromatic heterocycles. The van der Waals surface area contributed by atoms with Crippen molar-refractivity contribution < 1.29 is 24.2 Å². The van der Waals surface area contributed by atoms with Gasteiger partial charge in [0.25, 0.3) is 5.78 Å². The van der Waals surface area contributed by atoms with E-state index in [2.05, 4.69) is 4.74 Å². The molecular weight excluding hydrogens is 152 g/mol. The van der Waals surface area contributed by atoms with Gasteiger partial charge in [-0.2, -0.15) is 0 Å². The van der Waals surface area contributed by atoms with Crippen LogP contribution >= 0.6 is 0 Å². The van der Waals surface area contributed by atoms with Gasteiger partial charge >= 0.3 is 11.9 Å². The van der Waals surface area contributed by atoms with Gasteiger partial charge in [0.2, 0.25) is 0 Å². The lowest BCUT2D eigenvalue weighted by Crippen LogP contribution is -2.12. The summed E-state index contributed by atoms with van der Waals surface area (Å²) in [4.78, 5) is 30.6. The molecule has 60 valence electrons. The van der Waals surface area contributed by atoms with E-state index in [0.29, 0.717) is 12.2 Å². The van der Waals surface area contributed by atoms with E-state index in [9.17, 15) is 14.4 Å². The van der Waals surface area contributed by atoms with Crippen LogP contribution in [0.15, 0.2) is 12.2 Å².